The summed E-state index contributed by atoms with van der Waals surface area (Å²) in [4.78, 5) is 32.6. The monoisotopic (exact) mass is 460 g/mol. The number of benzene rings is 3. The Morgan fingerprint density at radius 2 is 1.30 bits per heavy atom. The molecule has 0 unspecified atom stereocenters. The first-order valence-electron chi connectivity index (χ1n) is 11.1. The molecular formula is C26H25ClN4O2. The molecule has 0 bridgehead atoms. The Labute approximate surface area is 198 Å². The number of nitrogens with one attached hydrogen (secondary N) is 1. The van der Waals surface area contributed by atoms with E-state index in [2.05, 4.69) is 15.1 Å². The number of urea groups is 1. The Morgan fingerprint density at radius 3 is 1.88 bits per heavy atom. The van der Waals surface area contributed by atoms with Crippen molar-refractivity contribution in [2.75, 3.05) is 37.7 Å². The normalized spacial score (nSPS) is 18.5. The van der Waals surface area contributed by atoms with Gasteiger partial charge >= 0.3 is 6.03 Å². The fourth-order valence-corrected chi connectivity index (χ4v) is 4.93. The molecule has 6 nitrogen and oxygen atoms in total. The zero-order valence-corrected chi connectivity index (χ0v) is 18.9. The van der Waals surface area contributed by atoms with Crippen LogP contribution in [0.15, 0.2) is 84.9 Å². The zero-order valence-electron chi connectivity index (χ0n) is 18.2. The lowest BCUT2D eigenvalue weighted by molar-refractivity contribution is -0.131. The fraction of sp³-hybridized carbons (Fsp3) is 0.231. The van der Waals surface area contributed by atoms with E-state index in [9.17, 15) is 9.59 Å². The van der Waals surface area contributed by atoms with Crippen LogP contribution in [0.2, 0.25) is 5.02 Å². The predicted octanol–water partition coefficient (Wildman–Crippen LogP) is 3.92. The van der Waals surface area contributed by atoms with Crippen molar-refractivity contribution < 1.29 is 9.59 Å². The fourth-order valence-electron chi connectivity index (χ4n) is 4.68. The smallest absolute Gasteiger partial charge is 0.326 e. The number of para-hydroxylation sites is 1. The van der Waals surface area contributed by atoms with E-state index in [-0.39, 0.29) is 18.6 Å². The van der Waals surface area contributed by atoms with Crippen molar-refractivity contribution in [2.45, 2.75) is 5.54 Å². The highest BCUT2D eigenvalue weighted by Crippen LogP contribution is 2.36. The Kier molecular flexibility index (Phi) is 5.79. The molecule has 2 saturated heterocycles. The minimum absolute atomic E-state index is 0.251. The summed E-state index contributed by atoms with van der Waals surface area (Å²) in [5, 5.41) is 3.75. The van der Waals surface area contributed by atoms with Crippen LogP contribution < -0.4 is 10.2 Å². The predicted molar refractivity (Wildman–Crippen MR) is 129 cm³/mol. The van der Waals surface area contributed by atoms with Crippen LogP contribution in [0.5, 0.6) is 0 Å². The summed E-state index contributed by atoms with van der Waals surface area (Å²) in [7, 11) is 0. The van der Waals surface area contributed by atoms with Crippen LogP contribution in [0.3, 0.4) is 0 Å². The number of anilines is 1. The third-order valence-electron chi connectivity index (χ3n) is 6.43. The lowest BCUT2D eigenvalue weighted by Gasteiger charge is -2.37. The second-order valence-electron chi connectivity index (χ2n) is 8.34. The van der Waals surface area contributed by atoms with Gasteiger partial charge in [0, 0.05) is 26.2 Å². The van der Waals surface area contributed by atoms with Crippen LogP contribution in [0.4, 0.5) is 10.5 Å². The van der Waals surface area contributed by atoms with Gasteiger partial charge < -0.3 is 10.2 Å². The van der Waals surface area contributed by atoms with E-state index < -0.39 is 5.54 Å². The van der Waals surface area contributed by atoms with Gasteiger partial charge in [-0.2, -0.15) is 0 Å². The molecule has 3 aromatic rings. The van der Waals surface area contributed by atoms with Crippen LogP contribution >= 0.6 is 11.6 Å². The second kappa shape index (κ2) is 8.89. The van der Waals surface area contributed by atoms with Crippen molar-refractivity contribution in [3.63, 3.8) is 0 Å². The molecule has 0 spiro atoms. The van der Waals surface area contributed by atoms with Gasteiger partial charge in [0.1, 0.15) is 0 Å². The van der Waals surface area contributed by atoms with Crippen molar-refractivity contribution in [3.8, 4) is 0 Å². The molecule has 0 radical (unpaired) electrons. The topological polar surface area (TPSA) is 55.9 Å². The summed E-state index contributed by atoms with van der Waals surface area (Å²) in [6, 6.07) is 26.3. The molecular weight excluding hydrogens is 436 g/mol. The molecule has 2 aliphatic heterocycles. The zero-order chi connectivity index (χ0) is 22.8. The maximum Gasteiger partial charge on any atom is 0.326 e. The standard InChI is InChI=1S/C26H25ClN4O2/c27-22-13-7-8-14-23(22)30-17-15-29(16-18-30)19-31-24(32)26(28-25(31)33,20-9-3-1-4-10-20)21-11-5-2-6-12-21/h1-14H,15-19H2,(H,28,33). The largest absolute Gasteiger partial charge is 0.368 e. The molecule has 2 fully saturated rings. The summed E-state index contributed by atoms with van der Waals surface area (Å²) in [6.07, 6.45) is 0. The third kappa shape index (κ3) is 3.86. The first kappa shape index (κ1) is 21.5. The Bertz CT molecular complexity index is 1110. The average molecular weight is 461 g/mol. The Balaban J connectivity index is 1.36. The maximum absolute atomic E-state index is 13.8. The van der Waals surface area contributed by atoms with Gasteiger partial charge in [0.15, 0.2) is 5.54 Å². The lowest BCUT2D eigenvalue weighted by atomic mass is 9.83. The van der Waals surface area contributed by atoms with Crippen LogP contribution in [-0.4, -0.2) is 54.6 Å². The van der Waals surface area contributed by atoms with E-state index in [0.717, 1.165) is 48.0 Å². The molecule has 5 rings (SSSR count). The summed E-state index contributed by atoms with van der Waals surface area (Å²) in [5.74, 6) is -0.251. The highest BCUT2D eigenvalue weighted by Gasteiger charge is 2.53. The quantitative estimate of drug-likeness (QED) is 0.586. The van der Waals surface area contributed by atoms with Crippen LogP contribution in [-0.2, 0) is 10.3 Å². The van der Waals surface area contributed by atoms with Crippen molar-refractivity contribution >= 4 is 29.2 Å². The number of halogens is 1. The van der Waals surface area contributed by atoms with Gasteiger partial charge in [-0.3, -0.25) is 9.69 Å². The van der Waals surface area contributed by atoms with Gasteiger partial charge in [0.25, 0.3) is 5.91 Å². The number of piperazine rings is 1. The molecule has 0 aromatic heterocycles. The SMILES string of the molecule is O=C1NC(c2ccccc2)(c2ccccc2)C(=O)N1CN1CCN(c2ccccc2Cl)CC1. The molecule has 0 saturated carbocycles. The molecule has 7 heteroatoms. The molecule has 0 atom stereocenters. The first-order valence-corrected chi connectivity index (χ1v) is 11.4. The first-order chi connectivity index (χ1) is 16.1. The van der Waals surface area contributed by atoms with Gasteiger partial charge in [-0.05, 0) is 23.3 Å². The number of rotatable bonds is 5. The van der Waals surface area contributed by atoms with E-state index >= 15 is 0 Å². The summed E-state index contributed by atoms with van der Waals surface area (Å²) < 4.78 is 0. The number of amides is 3. The van der Waals surface area contributed by atoms with E-state index in [0.29, 0.717) is 0 Å². The van der Waals surface area contributed by atoms with Gasteiger partial charge in [0.2, 0.25) is 0 Å². The number of imide groups is 1. The second-order valence-corrected chi connectivity index (χ2v) is 8.75. The number of carbonyl (C=O) groups is 2. The van der Waals surface area contributed by atoms with E-state index in [4.69, 9.17) is 11.6 Å². The number of hydrogen-bond donors (Lipinski definition) is 1. The van der Waals surface area contributed by atoms with Gasteiger partial charge in [-0.15, -0.1) is 0 Å². The van der Waals surface area contributed by atoms with Crippen molar-refractivity contribution in [1.29, 1.82) is 0 Å². The number of nitrogens with zero attached hydrogens (tertiary/aromatic N) is 3. The van der Waals surface area contributed by atoms with Crippen LogP contribution in [0, 0.1) is 0 Å². The molecule has 2 heterocycles. The average Bonchev–Trinajstić information content (AvgIpc) is 3.12. The van der Waals surface area contributed by atoms with Crippen LogP contribution in [0.1, 0.15) is 11.1 Å². The van der Waals surface area contributed by atoms with Gasteiger partial charge in [-0.1, -0.05) is 84.4 Å². The molecule has 168 valence electrons. The molecule has 3 aromatic carbocycles. The molecule has 1 N–H and O–H groups in total. The molecule has 3 amide bonds. The van der Waals surface area contributed by atoms with Gasteiger partial charge in [-0.25, -0.2) is 9.69 Å². The van der Waals surface area contributed by atoms with Crippen molar-refractivity contribution in [2.24, 2.45) is 0 Å². The van der Waals surface area contributed by atoms with E-state index in [1.807, 2.05) is 84.9 Å². The third-order valence-corrected chi connectivity index (χ3v) is 6.75. The Hall–Kier alpha value is -3.35. The Morgan fingerprint density at radius 1 is 0.758 bits per heavy atom. The maximum atomic E-state index is 13.8. The summed E-state index contributed by atoms with van der Waals surface area (Å²) in [6.45, 7) is 3.26. The van der Waals surface area contributed by atoms with Crippen LogP contribution in [0.25, 0.3) is 0 Å². The number of carbonyl (C=O) groups excluding carboxylic acids is 2. The van der Waals surface area contributed by atoms with E-state index in [1.165, 1.54) is 4.90 Å². The van der Waals surface area contributed by atoms with E-state index in [1.54, 1.807) is 0 Å². The summed E-state index contributed by atoms with van der Waals surface area (Å²) in [5.41, 5.74) is 1.29. The van der Waals surface area contributed by atoms with Gasteiger partial charge in [0.05, 0.1) is 17.4 Å². The van der Waals surface area contributed by atoms with Crippen molar-refractivity contribution in [3.05, 3.63) is 101 Å². The molecule has 2 aliphatic rings. The molecule has 33 heavy (non-hydrogen) atoms. The highest BCUT2D eigenvalue weighted by atomic mass is 35.5. The minimum Gasteiger partial charge on any atom is -0.368 e. The minimum atomic E-state index is -1.22. The van der Waals surface area contributed by atoms with Crippen molar-refractivity contribution in [1.82, 2.24) is 15.1 Å². The lowest BCUT2D eigenvalue weighted by Crippen LogP contribution is -2.52. The summed E-state index contributed by atoms with van der Waals surface area (Å²) >= 11 is 6.36. The molecule has 0 aliphatic carbocycles. The highest BCUT2D eigenvalue weighted by molar-refractivity contribution is 6.33. The number of hydrogen-bond acceptors (Lipinski definition) is 4.